The Hall–Kier alpha value is -0.410. The number of aromatic nitrogens is 1. The monoisotopic (exact) mass is 116 g/mol. The van der Waals surface area contributed by atoms with Crippen LogP contribution in [-0.2, 0) is 0 Å². The predicted octanol–water partition coefficient (Wildman–Crippen LogP) is 1.61. The van der Waals surface area contributed by atoms with Crippen molar-refractivity contribution >= 4 is 11.3 Å². The highest BCUT2D eigenvalue weighted by Crippen LogP contribution is 1.95. The molecule has 0 unspecified atom stereocenters. The molecule has 0 saturated heterocycles. The molecule has 1 heterocycles. The third-order valence-electron chi connectivity index (χ3n) is 0.556. The lowest BCUT2D eigenvalue weighted by Gasteiger charge is -1.64. The molecule has 0 aromatic carbocycles. The van der Waals surface area contributed by atoms with Crippen LogP contribution in [0.25, 0.3) is 0 Å². The molecule has 3 heteroatoms. The van der Waals surface area contributed by atoms with E-state index in [0.29, 0.717) is 0 Å². The Bertz CT molecular complexity index is 113. The summed E-state index contributed by atoms with van der Waals surface area (Å²) in [4.78, 5) is 3.94. The van der Waals surface area contributed by atoms with E-state index in [-0.39, 0.29) is 6.15 Å². The first-order valence-electron chi connectivity index (χ1n) is 1.74. The Morgan fingerprint density at radius 3 is 2.57 bits per heavy atom. The van der Waals surface area contributed by atoms with Crippen molar-refractivity contribution in [2.24, 2.45) is 0 Å². The van der Waals surface area contributed by atoms with Crippen molar-refractivity contribution in [3.05, 3.63) is 16.6 Å². The number of nitrogens with zero attached hydrogens (tertiary/aromatic N) is 1. The van der Waals surface area contributed by atoms with Gasteiger partial charge in [0.1, 0.15) is 0 Å². The molecule has 0 radical (unpaired) electrons. The quantitative estimate of drug-likeness (QED) is 0.559. The molecule has 0 saturated carbocycles. The second kappa shape index (κ2) is 2.71. The van der Waals surface area contributed by atoms with Crippen molar-refractivity contribution in [2.45, 2.75) is 6.92 Å². The summed E-state index contributed by atoms with van der Waals surface area (Å²) in [5, 5.41) is 2.01. The molecule has 1 rings (SSSR count). The molecule has 0 spiro atoms. The molecular weight excluding hydrogens is 108 g/mol. The van der Waals surface area contributed by atoms with Gasteiger partial charge in [0.25, 0.3) is 0 Å². The molecule has 0 aliphatic heterocycles. The van der Waals surface area contributed by atoms with Crippen molar-refractivity contribution < 1.29 is 0 Å². The topological polar surface area (TPSA) is 47.9 Å². The number of hydrogen-bond donors (Lipinski definition) is 1. The van der Waals surface area contributed by atoms with Gasteiger partial charge in [0.05, 0.1) is 5.51 Å². The van der Waals surface area contributed by atoms with Crippen LogP contribution in [0.4, 0.5) is 0 Å². The maximum absolute atomic E-state index is 3.94. The highest BCUT2D eigenvalue weighted by atomic mass is 32.1. The normalized spacial score (nSPS) is 7.57. The molecule has 0 atom stereocenters. The summed E-state index contributed by atoms with van der Waals surface area (Å²) in [7, 11) is 0. The van der Waals surface area contributed by atoms with Gasteiger partial charge in [-0.15, -0.1) is 11.3 Å². The standard InChI is InChI=1S/C4H5NS.H3N/c1-4-2-6-3-5-4;/h2-3H,1H3;1H3. The minimum absolute atomic E-state index is 0. The van der Waals surface area contributed by atoms with Gasteiger partial charge in [-0.25, -0.2) is 0 Å². The Morgan fingerprint density at radius 1 is 1.71 bits per heavy atom. The van der Waals surface area contributed by atoms with Crippen LogP contribution in [0.3, 0.4) is 0 Å². The second-order valence-corrected chi connectivity index (χ2v) is 1.85. The molecule has 2 nitrogen and oxygen atoms in total. The fourth-order valence-electron chi connectivity index (χ4n) is 0.273. The molecule has 0 fully saturated rings. The smallest absolute Gasteiger partial charge is 0.0794 e. The number of thiazole rings is 1. The third-order valence-corrected chi connectivity index (χ3v) is 1.26. The van der Waals surface area contributed by atoms with Gasteiger partial charge in [0, 0.05) is 11.1 Å². The van der Waals surface area contributed by atoms with Gasteiger partial charge in [0.2, 0.25) is 0 Å². The summed E-state index contributed by atoms with van der Waals surface area (Å²) in [5.74, 6) is 0. The molecule has 0 amide bonds. The first-order valence-corrected chi connectivity index (χ1v) is 2.68. The molecule has 3 N–H and O–H groups in total. The molecule has 0 bridgehead atoms. The molecule has 40 valence electrons. The van der Waals surface area contributed by atoms with Crippen LogP contribution in [0.5, 0.6) is 0 Å². The van der Waals surface area contributed by atoms with Crippen molar-refractivity contribution in [3.8, 4) is 0 Å². The van der Waals surface area contributed by atoms with E-state index < -0.39 is 0 Å². The van der Waals surface area contributed by atoms with Crippen molar-refractivity contribution in [2.75, 3.05) is 0 Å². The summed E-state index contributed by atoms with van der Waals surface area (Å²) in [6.45, 7) is 1.98. The molecular formula is C4H8N2S. The predicted molar refractivity (Wildman–Crippen MR) is 31.9 cm³/mol. The van der Waals surface area contributed by atoms with E-state index in [2.05, 4.69) is 4.98 Å². The maximum Gasteiger partial charge on any atom is 0.0794 e. The Morgan fingerprint density at radius 2 is 2.43 bits per heavy atom. The van der Waals surface area contributed by atoms with Gasteiger partial charge < -0.3 is 6.15 Å². The largest absolute Gasteiger partial charge is 0.344 e. The lowest BCUT2D eigenvalue weighted by atomic mass is 10.6. The second-order valence-electron chi connectivity index (χ2n) is 1.13. The fourth-order valence-corrected chi connectivity index (χ4v) is 0.819. The van der Waals surface area contributed by atoms with E-state index in [1.807, 2.05) is 17.8 Å². The van der Waals surface area contributed by atoms with E-state index in [0.717, 1.165) is 5.69 Å². The van der Waals surface area contributed by atoms with E-state index in [9.17, 15) is 0 Å². The van der Waals surface area contributed by atoms with Crippen molar-refractivity contribution in [1.29, 1.82) is 0 Å². The number of hydrogen-bond acceptors (Lipinski definition) is 3. The molecule has 1 aromatic heterocycles. The zero-order chi connectivity index (χ0) is 4.41. The third kappa shape index (κ3) is 1.66. The van der Waals surface area contributed by atoms with E-state index in [4.69, 9.17) is 0 Å². The lowest BCUT2D eigenvalue weighted by Crippen LogP contribution is -1.59. The van der Waals surface area contributed by atoms with Crippen LogP contribution >= 0.6 is 11.3 Å². The van der Waals surface area contributed by atoms with Crippen molar-refractivity contribution in [3.63, 3.8) is 0 Å². The van der Waals surface area contributed by atoms with Gasteiger partial charge in [-0.05, 0) is 6.92 Å². The maximum atomic E-state index is 3.94. The minimum Gasteiger partial charge on any atom is -0.344 e. The van der Waals surface area contributed by atoms with Gasteiger partial charge in [0.15, 0.2) is 0 Å². The SMILES string of the molecule is Cc1cscn1.N. The van der Waals surface area contributed by atoms with E-state index >= 15 is 0 Å². The van der Waals surface area contributed by atoms with Crippen LogP contribution in [0.15, 0.2) is 10.9 Å². The van der Waals surface area contributed by atoms with Gasteiger partial charge in [-0.3, -0.25) is 4.98 Å². The molecule has 0 aliphatic rings. The van der Waals surface area contributed by atoms with Crippen LogP contribution in [0.2, 0.25) is 0 Å². The van der Waals surface area contributed by atoms with Crippen LogP contribution in [0, 0.1) is 6.92 Å². The molecule has 0 aliphatic carbocycles. The van der Waals surface area contributed by atoms with E-state index in [1.54, 1.807) is 11.3 Å². The summed E-state index contributed by atoms with van der Waals surface area (Å²) in [5.41, 5.74) is 2.94. The van der Waals surface area contributed by atoms with E-state index in [1.165, 1.54) is 0 Å². The Kier molecular flexibility index (Phi) is 2.55. The zero-order valence-corrected chi connectivity index (χ0v) is 5.03. The Labute approximate surface area is 46.8 Å². The van der Waals surface area contributed by atoms with Gasteiger partial charge >= 0.3 is 0 Å². The van der Waals surface area contributed by atoms with Crippen LogP contribution < -0.4 is 6.15 Å². The highest BCUT2D eigenvalue weighted by molar-refractivity contribution is 7.07. The van der Waals surface area contributed by atoms with Gasteiger partial charge in [-0.1, -0.05) is 0 Å². The molecule has 1 aromatic rings. The Balaban J connectivity index is 0.000000360. The minimum atomic E-state index is 0. The average molecular weight is 116 g/mol. The fraction of sp³-hybridized carbons (Fsp3) is 0.250. The van der Waals surface area contributed by atoms with Crippen LogP contribution in [-0.4, -0.2) is 4.98 Å². The van der Waals surface area contributed by atoms with Gasteiger partial charge in [-0.2, -0.15) is 0 Å². The summed E-state index contributed by atoms with van der Waals surface area (Å²) < 4.78 is 0. The van der Waals surface area contributed by atoms with Crippen LogP contribution in [0.1, 0.15) is 5.69 Å². The summed E-state index contributed by atoms with van der Waals surface area (Å²) in [6.07, 6.45) is 0. The summed E-state index contributed by atoms with van der Waals surface area (Å²) >= 11 is 1.63. The number of rotatable bonds is 0. The van der Waals surface area contributed by atoms with Crippen molar-refractivity contribution in [1.82, 2.24) is 11.1 Å². The first-order chi connectivity index (χ1) is 2.89. The first kappa shape index (κ1) is 6.59. The lowest BCUT2D eigenvalue weighted by molar-refractivity contribution is 1.27. The number of aryl methyl sites for hydroxylation is 1. The zero-order valence-electron chi connectivity index (χ0n) is 4.22. The summed E-state index contributed by atoms with van der Waals surface area (Å²) in [6, 6.07) is 0. The molecule has 7 heavy (non-hydrogen) atoms. The average Bonchev–Trinajstić information content (AvgIpc) is 1.86. The highest BCUT2D eigenvalue weighted by Gasteiger charge is 1.76.